The summed E-state index contributed by atoms with van der Waals surface area (Å²) in [6, 6.07) is 15.0. The summed E-state index contributed by atoms with van der Waals surface area (Å²) in [5.74, 6) is -0.0345. The number of hydrogen-bond donors (Lipinski definition) is 0. The van der Waals surface area contributed by atoms with E-state index in [0.717, 1.165) is 6.26 Å². The number of sulfonamides is 1. The zero-order chi connectivity index (χ0) is 16.9. The number of ether oxygens (including phenoxy) is 1. The maximum atomic E-state index is 12.1. The van der Waals surface area contributed by atoms with Crippen LogP contribution in [0, 0.1) is 0 Å². The molecule has 0 amide bonds. The average molecular weight is 398 g/mol. The fraction of sp³-hybridized carbons (Fsp3) is 0.188. The van der Waals surface area contributed by atoms with Crippen LogP contribution in [0.4, 0.5) is 5.69 Å². The van der Waals surface area contributed by atoms with E-state index in [4.69, 9.17) is 4.74 Å². The zero-order valence-electron chi connectivity index (χ0n) is 12.5. The molecule has 2 rings (SSSR count). The second-order valence-corrected chi connectivity index (χ2v) is 7.47. The fourth-order valence-electron chi connectivity index (χ4n) is 1.98. The Morgan fingerprint density at radius 1 is 1.09 bits per heavy atom. The molecule has 2 aromatic carbocycles. The van der Waals surface area contributed by atoms with Gasteiger partial charge in [0.1, 0.15) is 5.75 Å². The lowest BCUT2D eigenvalue weighted by Gasteiger charge is -2.21. The Bertz CT molecular complexity index is 760. The lowest BCUT2D eigenvalue weighted by molar-refractivity contribution is 0.0735. The molecule has 0 heterocycles. The Morgan fingerprint density at radius 2 is 1.70 bits per heavy atom. The minimum atomic E-state index is -3.37. The van der Waals surface area contributed by atoms with Crippen molar-refractivity contribution in [1.29, 1.82) is 0 Å². The molecule has 0 radical (unpaired) electrons. The highest BCUT2D eigenvalue weighted by atomic mass is 79.9. The van der Waals surface area contributed by atoms with Crippen LogP contribution in [0.15, 0.2) is 54.6 Å². The summed E-state index contributed by atoms with van der Waals surface area (Å²) in [6.07, 6.45) is 1.15. The average Bonchev–Trinajstić information content (AvgIpc) is 2.52. The summed E-state index contributed by atoms with van der Waals surface area (Å²) in [6.45, 7) is 0.312. The third-order valence-electron chi connectivity index (χ3n) is 3.03. The lowest BCUT2D eigenvalue weighted by atomic mass is 10.2. The Kier molecular flexibility index (Phi) is 5.79. The van der Waals surface area contributed by atoms with Crippen molar-refractivity contribution in [2.75, 3.05) is 22.4 Å². The van der Waals surface area contributed by atoms with Crippen molar-refractivity contribution in [2.45, 2.75) is 0 Å². The van der Waals surface area contributed by atoms with Crippen molar-refractivity contribution in [3.05, 3.63) is 60.2 Å². The van der Waals surface area contributed by atoms with Gasteiger partial charge in [-0.25, -0.2) is 13.2 Å². The summed E-state index contributed by atoms with van der Waals surface area (Å²) in [4.78, 5) is 12.1. The first-order valence-corrected chi connectivity index (χ1v) is 9.80. The van der Waals surface area contributed by atoms with Crippen LogP contribution in [-0.2, 0) is 10.0 Å². The quantitative estimate of drug-likeness (QED) is 0.426. The van der Waals surface area contributed by atoms with Gasteiger partial charge in [0.15, 0.2) is 0 Å². The molecule has 0 saturated heterocycles. The van der Waals surface area contributed by atoms with E-state index in [1.165, 1.54) is 4.31 Å². The first kappa shape index (κ1) is 17.5. The van der Waals surface area contributed by atoms with Crippen LogP contribution in [0.2, 0.25) is 0 Å². The second-order valence-electron chi connectivity index (χ2n) is 4.77. The number of carbonyl (C=O) groups excluding carboxylic acids is 1. The largest absolute Gasteiger partial charge is 0.423 e. The smallest absolute Gasteiger partial charge is 0.343 e. The molecular weight excluding hydrogens is 382 g/mol. The predicted octanol–water partition coefficient (Wildman–Crippen LogP) is 3.07. The van der Waals surface area contributed by atoms with Gasteiger partial charge in [0, 0.05) is 11.9 Å². The summed E-state index contributed by atoms with van der Waals surface area (Å²) in [5, 5.41) is 0.512. The third-order valence-corrected chi connectivity index (χ3v) is 4.58. The van der Waals surface area contributed by atoms with Crippen LogP contribution < -0.4 is 9.04 Å². The van der Waals surface area contributed by atoms with Crippen LogP contribution >= 0.6 is 15.9 Å². The minimum Gasteiger partial charge on any atom is -0.423 e. The van der Waals surface area contributed by atoms with E-state index in [-0.39, 0.29) is 0 Å². The molecule has 7 heteroatoms. The van der Waals surface area contributed by atoms with Gasteiger partial charge in [0.05, 0.1) is 17.5 Å². The normalized spacial score (nSPS) is 11.0. The van der Waals surface area contributed by atoms with E-state index < -0.39 is 16.0 Å². The number of halogens is 1. The van der Waals surface area contributed by atoms with E-state index in [1.807, 2.05) is 6.07 Å². The number of alkyl halides is 1. The number of rotatable bonds is 6. The summed E-state index contributed by atoms with van der Waals surface area (Å²) in [5.41, 5.74) is 0.855. The second kappa shape index (κ2) is 7.61. The number of carbonyl (C=O) groups is 1. The van der Waals surface area contributed by atoms with E-state index >= 15 is 0 Å². The number of nitrogens with zero attached hydrogens (tertiary/aromatic N) is 1. The molecule has 0 unspecified atom stereocenters. The molecule has 122 valence electrons. The van der Waals surface area contributed by atoms with Crippen molar-refractivity contribution in [1.82, 2.24) is 0 Å². The van der Waals surface area contributed by atoms with Gasteiger partial charge in [-0.15, -0.1) is 0 Å². The van der Waals surface area contributed by atoms with Gasteiger partial charge >= 0.3 is 5.97 Å². The molecule has 0 spiro atoms. The first-order chi connectivity index (χ1) is 10.9. The van der Waals surface area contributed by atoms with Crippen molar-refractivity contribution in [3.8, 4) is 5.75 Å². The highest BCUT2D eigenvalue weighted by Crippen LogP contribution is 2.19. The van der Waals surface area contributed by atoms with E-state index in [0.29, 0.717) is 28.9 Å². The molecule has 23 heavy (non-hydrogen) atoms. The molecule has 0 fully saturated rings. The molecule has 0 aromatic heterocycles. The topological polar surface area (TPSA) is 63.7 Å². The minimum absolute atomic E-state index is 0.312. The van der Waals surface area contributed by atoms with Crippen molar-refractivity contribution >= 4 is 37.6 Å². The van der Waals surface area contributed by atoms with Gasteiger partial charge in [0.2, 0.25) is 10.0 Å². The SMILES string of the molecule is CS(=O)(=O)N(CCBr)c1ccc(C(=O)Oc2ccccc2)cc1. The first-order valence-electron chi connectivity index (χ1n) is 6.83. The van der Waals surface area contributed by atoms with E-state index in [9.17, 15) is 13.2 Å². The maximum Gasteiger partial charge on any atom is 0.343 e. The molecule has 5 nitrogen and oxygen atoms in total. The van der Waals surface area contributed by atoms with Crippen molar-refractivity contribution in [3.63, 3.8) is 0 Å². The monoisotopic (exact) mass is 397 g/mol. The van der Waals surface area contributed by atoms with Crippen LogP contribution in [0.5, 0.6) is 5.75 Å². The zero-order valence-corrected chi connectivity index (χ0v) is 14.9. The Morgan fingerprint density at radius 3 is 2.22 bits per heavy atom. The summed E-state index contributed by atoms with van der Waals surface area (Å²) < 4.78 is 30.1. The van der Waals surface area contributed by atoms with Crippen LogP contribution in [-0.4, -0.2) is 32.5 Å². The van der Waals surface area contributed by atoms with Gasteiger partial charge in [0.25, 0.3) is 0 Å². The lowest BCUT2D eigenvalue weighted by Crippen LogP contribution is -2.31. The summed E-state index contributed by atoms with van der Waals surface area (Å²) >= 11 is 3.23. The highest BCUT2D eigenvalue weighted by Gasteiger charge is 2.17. The number of hydrogen-bond acceptors (Lipinski definition) is 4. The molecule has 2 aromatic rings. The summed E-state index contributed by atoms with van der Waals surface area (Å²) in [7, 11) is -3.37. The number of para-hydroxylation sites is 1. The van der Waals surface area contributed by atoms with Gasteiger partial charge in [-0.05, 0) is 36.4 Å². The molecule has 0 aliphatic rings. The molecular formula is C16H16BrNO4S. The molecule has 0 atom stereocenters. The molecule has 0 saturated carbocycles. The van der Waals surface area contributed by atoms with Crippen molar-refractivity contribution in [2.24, 2.45) is 0 Å². The maximum absolute atomic E-state index is 12.1. The molecule has 0 aliphatic carbocycles. The Labute approximate surface area is 144 Å². The van der Waals surface area contributed by atoms with Crippen molar-refractivity contribution < 1.29 is 17.9 Å². The molecule has 0 N–H and O–H groups in total. The van der Waals surface area contributed by atoms with Crippen LogP contribution in [0.1, 0.15) is 10.4 Å². The third kappa shape index (κ3) is 4.80. The Balaban J connectivity index is 2.17. The fourth-order valence-corrected chi connectivity index (χ4v) is 3.50. The highest BCUT2D eigenvalue weighted by molar-refractivity contribution is 9.09. The van der Waals surface area contributed by atoms with Gasteiger partial charge in [-0.1, -0.05) is 34.1 Å². The predicted molar refractivity (Wildman–Crippen MR) is 93.8 cm³/mol. The van der Waals surface area contributed by atoms with E-state index in [1.54, 1.807) is 48.5 Å². The number of esters is 1. The van der Waals surface area contributed by atoms with Crippen LogP contribution in [0.3, 0.4) is 0 Å². The Hall–Kier alpha value is -1.86. The van der Waals surface area contributed by atoms with E-state index in [2.05, 4.69) is 15.9 Å². The van der Waals surface area contributed by atoms with Gasteiger partial charge < -0.3 is 4.74 Å². The standard InChI is InChI=1S/C16H16BrNO4S/c1-23(20,21)18(12-11-17)14-9-7-13(8-10-14)16(19)22-15-5-3-2-4-6-15/h2-10H,11-12H2,1H3. The van der Waals surface area contributed by atoms with Gasteiger partial charge in [-0.3, -0.25) is 4.31 Å². The molecule has 0 bridgehead atoms. The molecule has 0 aliphatic heterocycles. The van der Waals surface area contributed by atoms with Crippen LogP contribution in [0.25, 0.3) is 0 Å². The van der Waals surface area contributed by atoms with Gasteiger partial charge in [-0.2, -0.15) is 0 Å². The number of anilines is 1. The number of benzene rings is 2.